The molecule has 35 heavy (non-hydrogen) atoms. The summed E-state index contributed by atoms with van der Waals surface area (Å²) in [5, 5.41) is 3.36. The van der Waals surface area contributed by atoms with Gasteiger partial charge in [-0.15, -0.1) is 0 Å². The fourth-order valence-corrected chi connectivity index (χ4v) is 5.01. The van der Waals surface area contributed by atoms with Crippen molar-refractivity contribution in [2.75, 3.05) is 12.1 Å². The molecule has 2 aliphatic heterocycles. The van der Waals surface area contributed by atoms with Crippen molar-refractivity contribution in [3.05, 3.63) is 82.9 Å². The van der Waals surface area contributed by atoms with Crippen molar-refractivity contribution >= 4 is 51.7 Å². The summed E-state index contributed by atoms with van der Waals surface area (Å²) in [6, 6.07) is 20.2. The predicted octanol–water partition coefficient (Wildman–Crippen LogP) is 5.54. The van der Waals surface area contributed by atoms with Gasteiger partial charge < -0.3 is 14.8 Å². The number of carbonyl (C=O) groups is 2. The zero-order valence-electron chi connectivity index (χ0n) is 18.9. The second kappa shape index (κ2) is 10.0. The Balaban J connectivity index is 1.41. The molecule has 178 valence electrons. The van der Waals surface area contributed by atoms with Gasteiger partial charge in [0.15, 0.2) is 16.7 Å². The first-order chi connectivity index (χ1) is 16.9. The molecule has 1 atom stereocenters. The maximum atomic E-state index is 13.3. The van der Waals surface area contributed by atoms with Gasteiger partial charge in [-0.1, -0.05) is 41.6 Å². The largest absolute Gasteiger partial charge is 0.454 e. The third-order valence-corrected chi connectivity index (χ3v) is 6.99. The van der Waals surface area contributed by atoms with Gasteiger partial charge >= 0.3 is 0 Å². The Bertz CT molecular complexity index is 1310. The van der Waals surface area contributed by atoms with Gasteiger partial charge in [0.25, 0.3) is 0 Å². The minimum absolute atomic E-state index is 0.0620. The van der Waals surface area contributed by atoms with Crippen LogP contribution in [0.1, 0.15) is 17.5 Å². The standard InChI is InChI=1S/C26H22ClN3O4S/c1-16-3-2-4-20(11-16)28-25(32)23-13-24(31)30(14-17-5-10-21-22(12-17)34-15-33-21)26(35-23)29-19-8-6-18(27)7-9-19/h2-12,23H,13-15H2,1H3,(H,28,32). The molecule has 0 spiro atoms. The molecule has 0 bridgehead atoms. The highest BCUT2D eigenvalue weighted by Crippen LogP contribution is 2.35. The monoisotopic (exact) mass is 507 g/mol. The summed E-state index contributed by atoms with van der Waals surface area (Å²) in [7, 11) is 0. The van der Waals surface area contributed by atoms with Crippen molar-refractivity contribution in [1.29, 1.82) is 0 Å². The lowest BCUT2D eigenvalue weighted by atomic mass is 10.1. The molecule has 1 fully saturated rings. The molecule has 9 heteroatoms. The molecule has 7 nitrogen and oxygen atoms in total. The number of fused-ring (bicyclic) bond motifs is 1. The summed E-state index contributed by atoms with van der Waals surface area (Å²) < 4.78 is 10.9. The molecule has 3 aromatic carbocycles. The van der Waals surface area contributed by atoms with Crippen LogP contribution >= 0.6 is 23.4 Å². The van der Waals surface area contributed by atoms with E-state index in [0.717, 1.165) is 11.1 Å². The number of amidine groups is 1. The van der Waals surface area contributed by atoms with E-state index < -0.39 is 5.25 Å². The van der Waals surface area contributed by atoms with Crippen LogP contribution < -0.4 is 14.8 Å². The molecule has 0 radical (unpaired) electrons. The number of hydrogen-bond donors (Lipinski definition) is 1. The fraction of sp³-hybridized carbons (Fsp3) is 0.192. The molecule has 2 aliphatic rings. The first kappa shape index (κ1) is 23.3. The van der Waals surface area contributed by atoms with E-state index in [-0.39, 0.29) is 25.0 Å². The second-order valence-electron chi connectivity index (χ2n) is 8.21. The smallest absolute Gasteiger partial charge is 0.238 e. The van der Waals surface area contributed by atoms with E-state index in [1.165, 1.54) is 11.8 Å². The number of nitrogens with one attached hydrogen (secondary N) is 1. The SMILES string of the molecule is Cc1cccc(NC(=O)C2CC(=O)N(Cc3ccc4c(c3)OCO4)C(=Nc3ccc(Cl)cc3)S2)c1. The summed E-state index contributed by atoms with van der Waals surface area (Å²) >= 11 is 7.29. The Morgan fingerprint density at radius 1 is 1.11 bits per heavy atom. The van der Waals surface area contributed by atoms with Crippen LogP contribution in [0.15, 0.2) is 71.7 Å². The second-order valence-corrected chi connectivity index (χ2v) is 9.81. The predicted molar refractivity (Wildman–Crippen MR) is 137 cm³/mol. The van der Waals surface area contributed by atoms with Crippen LogP contribution in [0.25, 0.3) is 0 Å². The fourth-order valence-electron chi connectivity index (χ4n) is 3.79. The minimum atomic E-state index is -0.609. The van der Waals surface area contributed by atoms with Crippen LogP contribution in [-0.4, -0.2) is 33.9 Å². The average molecular weight is 508 g/mol. The Morgan fingerprint density at radius 2 is 1.91 bits per heavy atom. The van der Waals surface area contributed by atoms with Crippen LogP contribution in [0.4, 0.5) is 11.4 Å². The molecule has 0 saturated carbocycles. The summed E-state index contributed by atoms with van der Waals surface area (Å²) in [5.74, 6) is 0.904. The number of ether oxygens (including phenoxy) is 2. The number of nitrogens with zero attached hydrogens (tertiary/aromatic N) is 2. The molecule has 1 N–H and O–H groups in total. The Hall–Kier alpha value is -3.49. The number of hydrogen-bond acceptors (Lipinski definition) is 6. The number of thioether (sulfide) groups is 1. The van der Waals surface area contributed by atoms with Crippen LogP contribution in [0, 0.1) is 6.92 Å². The first-order valence-electron chi connectivity index (χ1n) is 11.0. The Kier molecular flexibility index (Phi) is 6.66. The lowest BCUT2D eigenvalue weighted by molar-refractivity contribution is -0.129. The minimum Gasteiger partial charge on any atom is -0.454 e. The Morgan fingerprint density at radius 3 is 2.71 bits per heavy atom. The van der Waals surface area contributed by atoms with E-state index in [1.54, 1.807) is 29.2 Å². The maximum Gasteiger partial charge on any atom is 0.238 e. The van der Waals surface area contributed by atoms with Gasteiger partial charge in [-0.05, 0) is 66.6 Å². The highest BCUT2D eigenvalue weighted by molar-refractivity contribution is 8.15. The molecule has 0 aromatic heterocycles. The van der Waals surface area contributed by atoms with E-state index in [4.69, 9.17) is 26.1 Å². The molecule has 2 amide bonds. The van der Waals surface area contributed by atoms with E-state index >= 15 is 0 Å². The summed E-state index contributed by atoms with van der Waals surface area (Å²) in [5.41, 5.74) is 3.24. The summed E-state index contributed by atoms with van der Waals surface area (Å²) in [4.78, 5) is 32.6. The number of aliphatic imine (C=N–C) groups is 1. The molecular formula is C26H22ClN3O4S. The van der Waals surface area contributed by atoms with Gasteiger partial charge in [0, 0.05) is 17.1 Å². The lowest BCUT2D eigenvalue weighted by Crippen LogP contribution is -2.44. The van der Waals surface area contributed by atoms with Crippen LogP contribution in [-0.2, 0) is 16.1 Å². The number of anilines is 1. The van der Waals surface area contributed by atoms with Crippen molar-refractivity contribution < 1.29 is 19.1 Å². The maximum absolute atomic E-state index is 13.3. The molecule has 0 aliphatic carbocycles. The number of benzene rings is 3. The van der Waals surface area contributed by atoms with Crippen molar-refractivity contribution in [2.24, 2.45) is 4.99 Å². The third-order valence-electron chi connectivity index (χ3n) is 5.55. The molecule has 5 rings (SSSR count). The normalized spacial score (nSPS) is 18.1. The number of rotatable bonds is 5. The quantitative estimate of drug-likeness (QED) is 0.490. The lowest BCUT2D eigenvalue weighted by Gasteiger charge is -2.32. The average Bonchev–Trinajstić information content (AvgIpc) is 3.30. The topological polar surface area (TPSA) is 80.2 Å². The third kappa shape index (κ3) is 5.44. The van der Waals surface area contributed by atoms with Crippen molar-refractivity contribution in [3.8, 4) is 11.5 Å². The highest BCUT2D eigenvalue weighted by atomic mass is 35.5. The summed E-state index contributed by atoms with van der Waals surface area (Å²) in [6.45, 7) is 2.43. The zero-order valence-corrected chi connectivity index (χ0v) is 20.4. The van der Waals surface area contributed by atoms with E-state index in [1.807, 2.05) is 49.4 Å². The van der Waals surface area contributed by atoms with Gasteiger partial charge in [0.2, 0.25) is 18.6 Å². The molecule has 1 saturated heterocycles. The molecular weight excluding hydrogens is 486 g/mol. The van der Waals surface area contributed by atoms with E-state index in [9.17, 15) is 9.59 Å². The molecule has 3 aromatic rings. The van der Waals surface area contributed by atoms with E-state index in [0.29, 0.717) is 39.6 Å². The zero-order chi connectivity index (χ0) is 24.4. The van der Waals surface area contributed by atoms with Crippen molar-refractivity contribution in [2.45, 2.75) is 25.1 Å². The molecule has 2 heterocycles. The van der Waals surface area contributed by atoms with Gasteiger partial charge in [0.1, 0.15) is 5.25 Å². The number of amides is 2. The molecule has 1 unspecified atom stereocenters. The van der Waals surface area contributed by atoms with Crippen LogP contribution in [0.5, 0.6) is 11.5 Å². The van der Waals surface area contributed by atoms with Crippen molar-refractivity contribution in [3.63, 3.8) is 0 Å². The summed E-state index contributed by atoms with van der Waals surface area (Å²) in [6.07, 6.45) is 0.0620. The van der Waals surface area contributed by atoms with Crippen molar-refractivity contribution in [1.82, 2.24) is 4.90 Å². The number of aryl methyl sites for hydroxylation is 1. The van der Waals surface area contributed by atoms with E-state index in [2.05, 4.69) is 5.32 Å². The number of halogens is 1. The Labute approximate surface area is 212 Å². The van der Waals surface area contributed by atoms with Gasteiger partial charge in [-0.3, -0.25) is 14.5 Å². The number of carbonyl (C=O) groups excluding carboxylic acids is 2. The van der Waals surface area contributed by atoms with Gasteiger partial charge in [0.05, 0.1) is 12.2 Å². The first-order valence-corrected chi connectivity index (χ1v) is 12.3. The van der Waals surface area contributed by atoms with Gasteiger partial charge in [-0.25, -0.2) is 4.99 Å². The van der Waals surface area contributed by atoms with Gasteiger partial charge in [-0.2, -0.15) is 0 Å². The van der Waals surface area contributed by atoms with Crippen LogP contribution in [0.2, 0.25) is 5.02 Å². The van der Waals surface area contributed by atoms with Crippen LogP contribution in [0.3, 0.4) is 0 Å². The highest BCUT2D eigenvalue weighted by Gasteiger charge is 2.36.